The minimum atomic E-state index is 0.651. The Labute approximate surface area is 464 Å². The summed E-state index contributed by atoms with van der Waals surface area (Å²) >= 11 is 0. The number of hydrogen-bond donors (Lipinski definition) is 0. The van der Waals surface area contributed by atoms with Gasteiger partial charge in [0.1, 0.15) is 0 Å². The molecule has 4 nitrogen and oxygen atoms in total. The van der Waals surface area contributed by atoms with Crippen LogP contribution in [0.25, 0.3) is 145 Å². The second-order valence-corrected chi connectivity index (χ2v) is 20.6. The summed E-state index contributed by atoms with van der Waals surface area (Å²) in [4.78, 5) is 11.1. The normalized spacial score (nSPS) is 11.5. The van der Waals surface area contributed by atoms with Crippen LogP contribution in [0, 0.1) is 0 Å². The highest BCUT2D eigenvalue weighted by atomic mass is 15.0. The van der Waals surface area contributed by atoms with Crippen molar-refractivity contribution in [2.75, 3.05) is 0 Å². The maximum Gasteiger partial charge on any atom is 0.160 e. The van der Waals surface area contributed by atoms with Crippen LogP contribution in [0.3, 0.4) is 0 Å². The van der Waals surface area contributed by atoms with Crippen LogP contribution < -0.4 is 0 Å². The molecule has 374 valence electrons. The van der Waals surface area contributed by atoms with E-state index in [0.717, 1.165) is 106 Å². The van der Waals surface area contributed by atoms with Gasteiger partial charge in [0.2, 0.25) is 0 Å². The average Bonchev–Trinajstić information content (AvgIpc) is 4.06. The van der Waals surface area contributed by atoms with Crippen molar-refractivity contribution in [3.8, 4) is 101 Å². The van der Waals surface area contributed by atoms with Crippen LogP contribution in [0.1, 0.15) is 0 Å². The summed E-state index contributed by atoms with van der Waals surface area (Å²) in [6.07, 6.45) is 0. The zero-order valence-corrected chi connectivity index (χ0v) is 43.7. The zero-order valence-electron chi connectivity index (χ0n) is 43.7. The van der Waals surface area contributed by atoms with Gasteiger partial charge < -0.3 is 9.13 Å². The fourth-order valence-electron chi connectivity index (χ4n) is 11.9. The number of hydrogen-bond acceptors (Lipinski definition) is 2. The van der Waals surface area contributed by atoms with Crippen LogP contribution in [-0.4, -0.2) is 19.1 Å². The highest BCUT2D eigenvalue weighted by molar-refractivity contribution is 6.11. The zero-order chi connectivity index (χ0) is 52.9. The number of benzene rings is 12. The first-order chi connectivity index (χ1) is 39.6. The van der Waals surface area contributed by atoms with E-state index in [1.54, 1.807) is 0 Å². The second kappa shape index (κ2) is 19.7. The molecule has 15 rings (SSSR count). The van der Waals surface area contributed by atoms with E-state index in [0.29, 0.717) is 5.82 Å². The molecule has 0 amide bonds. The Morgan fingerprint density at radius 2 is 0.512 bits per heavy atom. The predicted octanol–water partition coefficient (Wildman–Crippen LogP) is 20.0. The van der Waals surface area contributed by atoms with Crippen LogP contribution >= 0.6 is 0 Å². The van der Waals surface area contributed by atoms with Crippen LogP contribution in [0.4, 0.5) is 0 Å². The summed E-state index contributed by atoms with van der Waals surface area (Å²) in [5.41, 5.74) is 22.8. The molecule has 0 atom stereocenters. The molecule has 12 aromatic carbocycles. The van der Waals surface area contributed by atoms with Crippen LogP contribution in [0.5, 0.6) is 0 Å². The van der Waals surface area contributed by atoms with E-state index in [1.807, 2.05) is 0 Å². The highest BCUT2D eigenvalue weighted by Gasteiger charge is 2.19. The summed E-state index contributed by atoms with van der Waals surface area (Å²) < 4.78 is 4.80. The van der Waals surface area contributed by atoms with Crippen LogP contribution in [0.2, 0.25) is 0 Å². The quantitative estimate of drug-likeness (QED) is 0.137. The smallest absolute Gasteiger partial charge is 0.160 e. The molecule has 4 heteroatoms. The Bertz CT molecular complexity index is 4490. The predicted molar refractivity (Wildman–Crippen MR) is 334 cm³/mol. The van der Waals surface area contributed by atoms with Crippen molar-refractivity contribution in [2.45, 2.75) is 0 Å². The lowest BCUT2D eigenvalue weighted by Crippen LogP contribution is -1.98. The third-order valence-corrected chi connectivity index (χ3v) is 15.7. The van der Waals surface area contributed by atoms with Crippen LogP contribution in [-0.2, 0) is 0 Å². The van der Waals surface area contributed by atoms with Gasteiger partial charge in [0.25, 0.3) is 0 Å². The average molecular weight is 1020 g/mol. The molecular formula is C76H50N4. The Morgan fingerprint density at radius 1 is 0.188 bits per heavy atom. The Hall–Kier alpha value is -10.7. The lowest BCUT2D eigenvalue weighted by molar-refractivity contribution is 1.13. The lowest BCUT2D eigenvalue weighted by Gasteiger charge is -2.15. The molecule has 0 bridgehead atoms. The molecule has 0 aliphatic rings. The summed E-state index contributed by atoms with van der Waals surface area (Å²) in [6, 6.07) is 109. The lowest BCUT2D eigenvalue weighted by atomic mass is 9.93. The molecule has 0 fully saturated rings. The molecule has 0 aliphatic carbocycles. The molecule has 3 aromatic heterocycles. The molecule has 0 unspecified atom stereocenters. The number of aromatic nitrogens is 4. The number of rotatable bonds is 10. The maximum absolute atomic E-state index is 5.54. The van der Waals surface area contributed by atoms with Gasteiger partial charge in [-0.15, -0.1) is 0 Å². The minimum Gasteiger partial charge on any atom is -0.309 e. The van der Waals surface area contributed by atoms with E-state index >= 15 is 0 Å². The van der Waals surface area contributed by atoms with Crippen molar-refractivity contribution >= 4 is 43.6 Å². The Kier molecular flexibility index (Phi) is 11.5. The van der Waals surface area contributed by atoms with Crippen molar-refractivity contribution in [3.05, 3.63) is 303 Å². The highest BCUT2D eigenvalue weighted by Crippen LogP contribution is 2.41. The van der Waals surface area contributed by atoms with E-state index in [9.17, 15) is 0 Å². The van der Waals surface area contributed by atoms with Gasteiger partial charge in [0.15, 0.2) is 5.82 Å². The van der Waals surface area contributed by atoms with Gasteiger partial charge >= 0.3 is 0 Å². The van der Waals surface area contributed by atoms with Crippen LogP contribution in [0.15, 0.2) is 303 Å². The topological polar surface area (TPSA) is 35.6 Å². The fourth-order valence-corrected chi connectivity index (χ4v) is 11.9. The summed E-state index contributed by atoms with van der Waals surface area (Å²) in [5.74, 6) is 0.651. The number of para-hydroxylation sites is 3. The first-order valence-electron chi connectivity index (χ1n) is 27.3. The van der Waals surface area contributed by atoms with E-state index in [-0.39, 0.29) is 0 Å². The third-order valence-electron chi connectivity index (χ3n) is 15.7. The van der Waals surface area contributed by atoms with Gasteiger partial charge in [-0.25, -0.2) is 9.97 Å². The SMILES string of the molecule is c1ccc(-c2cc(-c3ccccc3)cc(-c3cc(-c4cc(-c5ccccc5)cc(-c5ccccc5)c4)nc(-c4cccc(-c5ccc6c(c5)c5ccccc5n6-c5cccc(-n6c7ccccc7c7ccccc76)c5)c4)n3)c2)cc1. The fraction of sp³-hybridized carbons (Fsp3) is 0. The van der Waals surface area contributed by atoms with Gasteiger partial charge in [-0.2, -0.15) is 0 Å². The van der Waals surface area contributed by atoms with Crippen molar-refractivity contribution in [1.29, 1.82) is 0 Å². The molecule has 0 saturated carbocycles. The van der Waals surface area contributed by atoms with Gasteiger partial charge in [-0.3, -0.25) is 0 Å². The van der Waals surface area contributed by atoms with E-state index in [2.05, 4.69) is 312 Å². The molecule has 15 aromatic rings. The van der Waals surface area contributed by atoms with Gasteiger partial charge in [-0.1, -0.05) is 206 Å². The third kappa shape index (κ3) is 8.44. The first kappa shape index (κ1) is 46.6. The minimum absolute atomic E-state index is 0.651. The molecule has 3 heterocycles. The molecule has 0 aliphatic heterocycles. The van der Waals surface area contributed by atoms with Crippen molar-refractivity contribution in [1.82, 2.24) is 19.1 Å². The molecule has 0 saturated heterocycles. The Morgan fingerprint density at radius 3 is 0.963 bits per heavy atom. The van der Waals surface area contributed by atoms with E-state index in [4.69, 9.17) is 9.97 Å². The first-order valence-corrected chi connectivity index (χ1v) is 27.3. The summed E-state index contributed by atoms with van der Waals surface area (Å²) in [5, 5.41) is 4.88. The van der Waals surface area contributed by atoms with Gasteiger partial charge in [0.05, 0.1) is 33.5 Å². The molecule has 0 N–H and O–H groups in total. The number of fused-ring (bicyclic) bond motifs is 6. The van der Waals surface area contributed by atoms with Crippen molar-refractivity contribution in [2.24, 2.45) is 0 Å². The molecule has 0 radical (unpaired) electrons. The summed E-state index contributed by atoms with van der Waals surface area (Å²) in [6.45, 7) is 0. The van der Waals surface area contributed by atoms with Gasteiger partial charge in [-0.05, 0) is 153 Å². The monoisotopic (exact) mass is 1020 g/mol. The standard InChI is InChI=1S/C76H50N4/c1-5-21-51(22-6-1)58-42-59(52-23-7-2-8-24-52)45-62(44-58)70-50-71(63-46-60(53-25-9-3-10-26-53)43-61(47-63)54-27-11-4-12-28-54)78-76(77-70)57-30-19-29-55(41-57)56-39-40-75-69(48-56)68-35-15-18-38-74(68)80(75)65-32-20-31-64(49-65)79-72-36-16-13-33-66(72)67-34-14-17-37-73(67)79/h1-50H. The Balaban J connectivity index is 0.884. The second-order valence-electron chi connectivity index (χ2n) is 20.6. The van der Waals surface area contributed by atoms with E-state index in [1.165, 1.54) is 32.6 Å². The van der Waals surface area contributed by atoms with Crippen molar-refractivity contribution in [3.63, 3.8) is 0 Å². The van der Waals surface area contributed by atoms with Gasteiger partial charge in [0, 0.05) is 49.6 Å². The largest absolute Gasteiger partial charge is 0.309 e. The van der Waals surface area contributed by atoms with Crippen molar-refractivity contribution < 1.29 is 0 Å². The number of nitrogens with zero attached hydrogens (tertiary/aromatic N) is 4. The maximum atomic E-state index is 5.54. The molecule has 80 heavy (non-hydrogen) atoms. The molecule has 0 spiro atoms. The molecular weight excluding hydrogens is 969 g/mol. The summed E-state index contributed by atoms with van der Waals surface area (Å²) in [7, 11) is 0. The van der Waals surface area contributed by atoms with E-state index < -0.39 is 0 Å².